The normalized spacial score (nSPS) is 15.2. The molecule has 3 rings (SSSR count). The van der Waals surface area contributed by atoms with Crippen LogP contribution in [0.25, 0.3) is 0 Å². The molecular formula is C19H22N2O3S. The van der Waals surface area contributed by atoms with Gasteiger partial charge in [-0.2, -0.15) is 4.31 Å². The van der Waals surface area contributed by atoms with Gasteiger partial charge in [-0.05, 0) is 55.2 Å². The SMILES string of the molecule is Cc1ccccc1CNC(=O)c1ccc(S(=O)(=O)N2CCCC2)cc1. The molecule has 1 heterocycles. The first-order valence-corrected chi connectivity index (χ1v) is 9.85. The zero-order valence-corrected chi connectivity index (χ0v) is 15.1. The Morgan fingerprint density at radius 1 is 1.04 bits per heavy atom. The van der Waals surface area contributed by atoms with E-state index in [1.807, 2.05) is 31.2 Å². The summed E-state index contributed by atoms with van der Waals surface area (Å²) in [6.07, 6.45) is 1.80. The Morgan fingerprint density at radius 2 is 1.68 bits per heavy atom. The van der Waals surface area contributed by atoms with Gasteiger partial charge in [-0.15, -0.1) is 0 Å². The summed E-state index contributed by atoms with van der Waals surface area (Å²) in [4.78, 5) is 12.5. The Bertz CT molecular complexity index is 854. The fourth-order valence-electron chi connectivity index (χ4n) is 2.94. The zero-order valence-electron chi connectivity index (χ0n) is 14.2. The van der Waals surface area contributed by atoms with E-state index < -0.39 is 10.0 Å². The number of carbonyl (C=O) groups excluding carboxylic acids is 1. The maximum atomic E-state index is 12.5. The molecule has 0 saturated carbocycles. The molecule has 0 aliphatic carbocycles. The minimum absolute atomic E-state index is 0.214. The monoisotopic (exact) mass is 358 g/mol. The van der Waals surface area contributed by atoms with Gasteiger partial charge in [-0.3, -0.25) is 4.79 Å². The highest BCUT2D eigenvalue weighted by Crippen LogP contribution is 2.21. The summed E-state index contributed by atoms with van der Waals surface area (Å²) >= 11 is 0. The molecule has 1 fully saturated rings. The standard InChI is InChI=1S/C19H22N2O3S/c1-15-6-2-3-7-17(15)14-20-19(22)16-8-10-18(11-9-16)25(23,24)21-12-4-5-13-21/h2-3,6-11H,4-5,12-14H2,1H3,(H,20,22). The van der Waals surface area contributed by atoms with Crippen molar-refractivity contribution in [1.82, 2.24) is 9.62 Å². The molecule has 132 valence electrons. The number of aryl methyl sites for hydroxylation is 1. The first-order valence-electron chi connectivity index (χ1n) is 8.41. The van der Waals surface area contributed by atoms with Gasteiger partial charge < -0.3 is 5.32 Å². The maximum absolute atomic E-state index is 12.5. The Kier molecular flexibility index (Phi) is 5.20. The second kappa shape index (κ2) is 7.37. The molecule has 25 heavy (non-hydrogen) atoms. The molecular weight excluding hydrogens is 336 g/mol. The van der Waals surface area contributed by atoms with Crippen molar-refractivity contribution in [2.75, 3.05) is 13.1 Å². The van der Waals surface area contributed by atoms with Gasteiger partial charge in [0.15, 0.2) is 0 Å². The summed E-state index contributed by atoms with van der Waals surface area (Å²) in [7, 11) is -3.44. The van der Waals surface area contributed by atoms with E-state index in [0.717, 1.165) is 24.0 Å². The molecule has 6 heteroatoms. The van der Waals surface area contributed by atoms with Gasteiger partial charge in [0.1, 0.15) is 0 Å². The Morgan fingerprint density at radius 3 is 2.32 bits per heavy atom. The fourth-order valence-corrected chi connectivity index (χ4v) is 4.46. The number of amides is 1. The van der Waals surface area contributed by atoms with Crippen molar-refractivity contribution in [3.8, 4) is 0 Å². The largest absolute Gasteiger partial charge is 0.348 e. The number of benzene rings is 2. The lowest BCUT2D eigenvalue weighted by Gasteiger charge is -2.15. The van der Waals surface area contributed by atoms with E-state index in [2.05, 4.69) is 5.32 Å². The summed E-state index contributed by atoms with van der Waals surface area (Å²) in [5.41, 5.74) is 2.63. The minimum Gasteiger partial charge on any atom is -0.348 e. The summed E-state index contributed by atoms with van der Waals surface area (Å²) in [5, 5.41) is 2.87. The molecule has 1 amide bonds. The number of rotatable bonds is 5. The van der Waals surface area contributed by atoms with Crippen molar-refractivity contribution in [3.05, 3.63) is 65.2 Å². The molecule has 1 N–H and O–H groups in total. The molecule has 1 saturated heterocycles. The van der Waals surface area contributed by atoms with Crippen LogP contribution in [0.5, 0.6) is 0 Å². The maximum Gasteiger partial charge on any atom is 0.251 e. The molecule has 0 aromatic heterocycles. The van der Waals surface area contributed by atoms with Crippen molar-refractivity contribution in [2.45, 2.75) is 31.2 Å². The van der Waals surface area contributed by atoms with E-state index in [1.54, 1.807) is 12.1 Å². The Hall–Kier alpha value is -2.18. The summed E-state index contributed by atoms with van der Waals surface area (Å²) in [6, 6.07) is 14.0. The van der Waals surface area contributed by atoms with Gasteiger partial charge in [-0.25, -0.2) is 8.42 Å². The highest BCUT2D eigenvalue weighted by atomic mass is 32.2. The number of hydrogen-bond donors (Lipinski definition) is 1. The van der Waals surface area contributed by atoms with Gasteiger partial charge in [-0.1, -0.05) is 24.3 Å². The Balaban J connectivity index is 1.67. The Labute approximate surface area is 148 Å². The van der Waals surface area contributed by atoms with Crippen molar-refractivity contribution < 1.29 is 13.2 Å². The predicted molar refractivity (Wildman–Crippen MR) is 96.8 cm³/mol. The number of nitrogens with one attached hydrogen (secondary N) is 1. The van der Waals surface area contributed by atoms with Gasteiger partial charge in [0, 0.05) is 25.2 Å². The molecule has 1 aliphatic rings. The third-order valence-electron chi connectivity index (χ3n) is 4.52. The first-order chi connectivity index (χ1) is 12.0. The van der Waals surface area contributed by atoms with Crippen molar-refractivity contribution in [1.29, 1.82) is 0 Å². The van der Waals surface area contributed by atoms with Gasteiger partial charge in [0.25, 0.3) is 5.91 Å². The lowest BCUT2D eigenvalue weighted by molar-refractivity contribution is 0.0951. The van der Waals surface area contributed by atoms with Crippen LogP contribution in [0.3, 0.4) is 0 Å². The number of sulfonamides is 1. The van der Waals surface area contributed by atoms with Crippen LogP contribution in [0.15, 0.2) is 53.4 Å². The van der Waals surface area contributed by atoms with Crippen LogP contribution in [0, 0.1) is 6.92 Å². The molecule has 0 radical (unpaired) electrons. The van der Waals surface area contributed by atoms with Crippen molar-refractivity contribution in [2.24, 2.45) is 0 Å². The van der Waals surface area contributed by atoms with Crippen LogP contribution in [0.4, 0.5) is 0 Å². The average molecular weight is 358 g/mol. The average Bonchev–Trinajstić information content (AvgIpc) is 3.16. The minimum atomic E-state index is -3.44. The van der Waals surface area contributed by atoms with Gasteiger partial charge in [0.05, 0.1) is 4.90 Å². The number of hydrogen-bond acceptors (Lipinski definition) is 3. The molecule has 1 aliphatic heterocycles. The highest BCUT2D eigenvalue weighted by Gasteiger charge is 2.27. The molecule has 0 bridgehead atoms. The topological polar surface area (TPSA) is 66.5 Å². The van der Waals surface area contributed by atoms with Crippen LogP contribution < -0.4 is 5.32 Å². The van der Waals surface area contributed by atoms with E-state index in [-0.39, 0.29) is 10.8 Å². The summed E-state index contributed by atoms with van der Waals surface area (Å²) in [5.74, 6) is -0.214. The van der Waals surface area contributed by atoms with Crippen LogP contribution >= 0.6 is 0 Å². The van der Waals surface area contributed by atoms with Crippen LogP contribution in [0.2, 0.25) is 0 Å². The molecule has 5 nitrogen and oxygen atoms in total. The first kappa shape index (κ1) is 17.6. The molecule has 0 atom stereocenters. The third kappa shape index (κ3) is 3.91. The van der Waals surface area contributed by atoms with Crippen molar-refractivity contribution >= 4 is 15.9 Å². The van der Waals surface area contributed by atoms with E-state index in [4.69, 9.17) is 0 Å². The van der Waals surface area contributed by atoms with E-state index in [9.17, 15) is 13.2 Å². The van der Waals surface area contributed by atoms with Crippen LogP contribution in [0.1, 0.15) is 34.3 Å². The van der Waals surface area contributed by atoms with Crippen LogP contribution in [-0.4, -0.2) is 31.7 Å². The van der Waals surface area contributed by atoms with Gasteiger partial charge >= 0.3 is 0 Å². The predicted octanol–water partition coefficient (Wildman–Crippen LogP) is 2.71. The van der Waals surface area contributed by atoms with Gasteiger partial charge in [0.2, 0.25) is 10.0 Å². The number of nitrogens with zero attached hydrogens (tertiary/aromatic N) is 1. The lowest BCUT2D eigenvalue weighted by atomic mass is 10.1. The van der Waals surface area contributed by atoms with E-state index in [1.165, 1.54) is 16.4 Å². The smallest absolute Gasteiger partial charge is 0.251 e. The van der Waals surface area contributed by atoms with Crippen molar-refractivity contribution in [3.63, 3.8) is 0 Å². The zero-order chi connectivity index (χ0) is 17.9. The third-order valence-corrected chi connectivity index (χ3v) is 6.43. The molecule has 2 aromatic rings. The number of carbonyl (C=O) groups is 1. The lowest BCUT2D eigenvalue weighted by Crippen LogP contribution is -2.28. The summed E-state index contributed by atoms with van der Waals surface area (Å²) in [6.45, 7) is 3.58. The molecule has 0 spiro atoms. The molecule has 2 aromatic carbocycles. The summed E-state index contributed by atoms with van der Waals surface area (Å²) < 4.78 is 26.5. The second-order valence-corrected chi connectivity index (χ2v) is 8.18. The van der Waals surface area contributed by atoms with E-state index in [0.29, 0.717) is 25.2 Å². The highest BCUT2D eigenvalue weighted by molar-refractivity contribution is 7.89. The van der Waals surface area contributed by atoms with E-state index >= 15 is 0 Å². The molecule has 0 unspecified atom stereocenters. The van der Waals surface area contributed by atoms with Crippen LogP contribution in [-0.2, 0) is 16.6 Å². The second-order valence-electron chi connectivity index (χ2n) is 6.24. The fraction of sp³-hybridized carbons (Fsp3) is 0.316. The quantitative estimate of drug-likeness (QED) is 0.894.